The molecule has 5 rings (SSSR count). The molecule has 0 radical (unpaired) electrons. The fraction of sp³-hybridized carbons (Fsp3) is 0.280. The van der Waals surface area contributed by atoms with Gasteiger partial charge in [0.1, 0.15) is 0 Å². The van der Waals surface area contributed by atoms with Crippen molar-refractivity contribution in [1.82, 2.24) is 20.4 Å². The van der Waals surface area contributed by atoms with E-state index in [1.807, 2.05) is 60.7 Å². The van der Waals surface area contributed by atoms with Gasteiger partial charge in [0.2, 0.25) is 22.1 Å². The summed E-state index contributed by atoms with van der Waals surface area (Å²) in [6, 6.07) is 19.7. The van der Waals surface area contributed by atoms with Crippen LogP contribution in [0.15, 0.2) is 60.7 Å². The number of carbonyl (C=O) groups is 2. The van der Waals surface area contributed by atoms with Crippen LogP contribution in [0.4, 0.5) is 15.4 Å². The van der Waals surface area contributed by atoms with E-state index in [1.54, 1.807) is 0 Å². The standard InChI is InChI=1S/C15H18N4OS.C10H8N3OS.Na/c20-13(10-11-6-2-1-3-7-11)17-15-19-18-14(21-15)16-12-8-4-5-9-12;14-9(12-10-13-11-7-15-10)6-8-4-2-1-3-5-8;/h1-3,6-7,12H,4-5,8-10H2,(H,16,18)(H,17,19,20);1-5H,6H2,(H,12,13,14);/q;-1;+1. The van der Waals surface area contributed by atoms with Gasteiger partial charge in [-0.1, -0.05) is 90.4 Å². The van der Waals surface area contributed by atoms with E-state index in [4.69, 9.17) is 0 Å². The van der Waals surface area contributed by atoms with Crippen molar-refractivity contribution in [1.29, 1.82) is 0 Å². The maximum Gasteiger partial charge on any atom is 1.00 e. The first-order chi connectivity index (χ1) is 17.6. The molecule has 1 aliphatic carbocycles. The zero-order valence-electron chi connectivity index (χ0n) is 20.5. The molecule has 9 nitrogen and oxygen atoms in total. The van der Waals surface area contributed by atoms with Crippen LogP contribution in [0.25, 0.3) is 0 Å². The average molecular weight is 544 g/mol. The maximum atomic E-state index is 11.9. The number of hydrogen-bond donors (Lipinski definition) is 3. The van der Waals surface area contributed by atoms with Gasteiger partial charge in [-0.2, -0.15) is 0 Å². The number of amides is 2. The van der Waals surface area contributed by atoms with E-state index in [2.05, 4.69) is 41.9 Å². The topological polar surface area (TPSA) is 122 Å². The maximum absolute atomic E-state index is 11.9. The number of aromatic nitrogens is 4. The van der Waals surface area contributed by atoms with Crippen LogP contribution in [0.3, 0.4) is 0 Å². The van der Waals surface area contributed by atoms with Crippen molar-refractivity contribution in [2.45, 2.75) is 44.6 Å². The number of benzene rings is 2. The smallest absolute Gasteiger partial charge is 0.379 e. The number of hydrogen-bond acceptors (Lipinski definition) is 9. The molecular formula is C25H26N7NaO2S2. The molecule has 0 spiro atoms. The quantitative estimate of drug-likeness (QED) is 0.228. The zero-order valence-corrected chi connectivity index (χ0v) is 24.1. The average Bonchev–Trinajstić information content (AvgIpc) is 3.66. The number of nitrogens with one attached hydrogen (secondary N) is 3. The van der Waals surface area contributed by atoms with Crippen LogP contribution in [0, 0.1) is 5.51 Å². The molecule has 2 heterocycles. The molecule has 12 heteroatoms. The second kappa shape index (κ2) is 15.5. The van der Waals surface area contributed by atoms with Gasteiger partial charge in [-0.25, -0.2) is 5.10 Å². The molecular weight excluding hydrogens is 517 g/mol. The SMILES string of the molecule is O=C(Cc1ccccc1)Nc1nn[c-]s1.O=C(Cc1ccccc1)Nc1nnc(NC2CCCC2)s1.[Na+]. The Balaban J connectivity index is 0.000000211. The van der Waals surface area contributed by atoms with Crippen LogP contribution in [-0.4, -0.2) is 38.3 Å². The molecule has 4 aromatic rings. The Labute approximate surface area is 245 Å². The molecule has 0 aliphatic heterocycles. The van der Waals surface area contributed by atoms with Crippen molar-refractivity contribution in [3.8, 4) is 0 Å². The second-order valence-corrected chi connectivity index (χ2v) is 9.91. The van der Waals surface area contributed by atoms with E-state index < -0.39 is 0 Å². The predicted octanol–water partition coefficient (Wildman–Crippen LogP) is 1.60. The summed E-state index contributed by atoms with van der Waals surface area (Å²) in [6.07, 6.45) is 5.63. The Morgan fingerprint density at radius 1 is 0.784 bits per heavy atom. The minimum absolute atomic E-state index is 0. The van der Waals surface area contributed by atoms with Crippen LogP contribution in [-0.2, 0) is 22.4 Å². The van der Waals surface area contributed by atoms with E-state index in [0.717, 1.165) is 16.3 Å². The normalized spacial score (nSPS) is 12.5. The van der Waals surface area contributed by atoms with Crippen molar-refractivity contribution in [3.63, 3.8) is 0 Å². The van der Waals surface area contributed by atoms with Gasteiger partial charge in [0.25, 0.3) is 0 Å². The number of rotatable bonds is 8. The van der Waals surface area contributed by atoms with Crippen molar-refractivity contribution in [3.05, 3.63) is 77.3 Å². The van der Waals surface area contributed by atoms with Crippen LogP contribution in [0.5, 0.6) is 0 Å². The summed E-state index contributed by atoms with van der Waals surface area (Å²) >= 11 is 2.58. The van der Waals surface area contributed by atoms with Gasteiger partial charge < -0.3 is 16.0 Å². The van der Waals surface area contributed by atoms with Crippen LogP contribution >= 0.6 is 22.7 Å². The summed E-state index contributed by atoms with van der Waals surface area (Å²) in [6.45, 7) is 0. The van der Waals surface area contributed by atoms with Gasteiger partial charge in [0.15, 0.2) is 0 Å². The zero-order chi connectivity index (χ0) is 25.0. The van der Waals surface area contributed by atoms with Crippen LogP contribution < -0.4 is 45.5 Å². The fourth-order valence-corrected chi connectivity index (χ4v) is 4.82. The van der Waals surface area contributed by atoms with Gasteiger partial charge in [-0.3, -0.25) is 26.0 Å². The molecule has 2 amide bonds. The molecule has 3 N–H and O–H groups in total. The molecule has 0 unspecified atom stereocenters. The van der Waals surface area contributed by atoms with Gasteiger partial charge in [0, 0.05) is 6.04 Å². The molecule has 0 atom stereocenters. The van der Waals surface area contributed by atoms with Crippen molar-refractivity contribution >= 4 is 49.9 Å². The molecule has 0 bridgehead atoms. The Bertz CT molecular complexity index is 1220. The largest absolute Gasteiger partial charge is 1.00 e. The molecule has 1 fully saturated rings. The molecule has 186 valence electrons. The molecule has 1 saturated carbocycles. The number of anilines is 3. The van der Waals surface area contributed by atoms with Crippen molar-refractivity contribution < 1.29 is 39.1 Å². The number of carbonyl (C=O) groups excluding carboxylic acids is 2. The third-order valence-corrected chi connectivity index (χ3v) is 6.66. The predicted molar refractivity (Wildman–Crippen MR) is 142 cm³/mol. The molecule has 1 aliphatic rings. The van der Waals surface area contributed by atoms with E-state index in [9.17, 15) is 9.59 Å². The minimum atomic E-state index is -0.0913. The summed E-state index contributed by atoms with van der Waals surface area (Å²) in [5, 5.41) is 25.9. The number of nitrogens with zero attached hydrogens (tertiary/aromatic N) is 4. The third kappa shape index (κ3) is 10.3. The van der Waals surface area contributed by atoms with Crippen LogP contribution in [0.1, 0.15) is 36.8 Å². The third-order valence-electron chi connectivity index (χ3n) is 5.34. The molecule has 37 heavy (non-hydrogen) atoms. The van der Waals surface area contributed by atoms with Gasteiger partial charge in [-0.15, -0.1) is 10.2 Å². The van der Waals surface area contributed by atoms with Gasteiger partial charge >= 0.3 is 29.6 Å². The molecule has 2 aromatic carbocycles. The Morgan fingerprint density at radius 2 is 1.32 bits per heavy atom. The molecule has 2 aromatic heterocycles. The second-order valence-electron chi connectivity index (χ2n) is 8.16. The van der Waals surface area contributed by atoms with Crippen molar-refractivity contribution in [2.75, 3.05) is 16.0 Å². The Morgan fingerprint density at radius 3 is 1.86 bits per heavy atom. The summed E-state index contributed by atoms with van der Waals surface area (Å²) in [7, 11) is 0. The van der Waals surface area contributed by atoms with E-state index in [0.29, 0.717) is 29.1 Å². The monoisotopic (exact) mass is 543 g/mol. The summed E-state index contributed by atoms with van der Waals surface area (Å²) < 4.78 is 0. The van der Waals surface area contributed by atoms with Crippen molar-refractivity contribution in [2.24, 2.45) is 0 Å². The van der Waals surface area contributed by atoms with Gasteiger partial charge in [0.05, 0.1) is 18.0 Å². The fourth-order valence-electron chi connectivity index (χ4n) is 3.67. The summed E-state index contributed by atoms with van der Waals surface area (Å²) in [4.78, 5) is 23.4. The molecule has 0 saturated heterocycles. The summed E-state index contributed by atoms with van der Waals surface area (Å²) in [5.74, 6) is -0.156. The first-order valence-corrected chi connectivity index (χ1v) is 13.2. The Kier molecular flexibility index (Phi) is 12.1. The Hall–Kier alpha value is -2.70. The van der Waals surface area contributed by atoms with E-state index in [1.165, 1.54) is 48.4 Å². The van der Waals surface area contributed by atoms with Gasteiger partial charge in [-0.05, 0) is 24.0 Å². The van der Waals surface area contributed by atoms with E-state index >= 15 is 0 Å². The first kappa shape index (κ1) is 28.9. The minimum Gasteiger partial charge on any atom is -0.379 e. The van der Waals surface area contributed by atoms with E-state index in [-0.39, 0.29) is 41.4 Å². The summed E-state index contributed by atoms with van der Waals surface area (Å²) in [5.41, 5.74) is 4.53. The van der Waals surface area contributed by atoms with Crippen LogP contribution in [0.2, 0.25) is 0 Å². The first-order valence-electron chi connectivity index (χ1n) is 11.6.